The molecule has 1 heterocycles. The minimum Gasteiger partial charge on any atom is -0.317 e. The van der Waals surface area contributed by atoms with Gasteiger partial charge in [-0.3, -0.25) is 0 Å². The molecule has 1 unspecified atom stereocenters. The zero-order valence-electron chi connectivity index (χ0n) is 16.5. The molecule has 2 aromatic carbocycles. The van der Waals surface area contributed by atoms with Crippen LogP contribution >= 0.6 is 11.6 Å². The van der Waals surface area contributed by atoms with Crippen LogP contribution in [0.1, 0.15) is 43.0 Å². The largest absolute Gasteiger partial charge is 0.317 e. The molecule has 0 spiro atoms. The van der Waals surface area contributed by atoms with Gasteiger partial charge in [-0.05, 0) is 42.7 Å². The highest BCUT2D eigenvalue weighted by Crippen LogP contribution is 2.22. The van der Waals surface area contributed by atoms with Gasteiger partial charge in [0, 0.05) is 18.5 Å². The summed E-state index contributed by atoms with van der Waals surface area (Å²) in [4.78, 5) is 0.160. The third-order valence-electron chi connectivity index (χ3n) is 4.77. The van der Waals surface area contributed by atoms with Crippen molar-refractivity contribution in [1.29, 1.82) is 0 Å². The van der Waals surface area contributed by atoms with Crippen molar-refractivity contribution < 1.29 is 8.42 Å². The molecular weight excluding hydrogens is 408 g/mol. The Hall–Kier alpha value is -2.22. The van der Waals surface area contributed by atoms with Gasteiger partial charge in [-0.15, -0.1) is 10.2 Å². The lowest BCUT2D eigenvalue weighted by Crippen LogP contribution is -2.32. The van der Waals surface area contributed by atoms with Crippen molar-refractivity contribution in [3.05, 3.63) is 76.8 Å². The molecule has 0 radical (unpaired) electrons. The molecule has 1 N–H and O–H groups in total. The molecule has 0 saturated heterocycles. The van der Waals surface area contributed by atoms with Crippen molar-refractivity contribution in [2.75, 3.05) is 0 Å². The number of nitrogens with zero attached hydrogens (tertiary/aromatic N) is 3. The molecule has 0 bridgehead atoms. The smallest absolute Gasteiger partial charge is 0.241 e. The molecule has 1 aromatic heterocycles. The van der Waals surface area contributed by atoms with Gasteiger partial charge in [0.15, 0.2) is 5.82 Å². The van der Waals surface area contributed by atoms with Crippen molar-refractivity contribution in [3.63, 3.8) is 0 Å². The second kappa shape index (κ2) is 9.52. The van der Waals surface area contributed by atoms with E-state index in [2.05, 4.69) is 21.8 Å². The third-order valence-corrected chi connectivity index (χ3v) is 6.51. The van der Waals surface area contributed by atoms with E-state index in [0.29, 0.717) is 17.3 Å². The van der Waals surface area contributed by atoms with Gasteiger partial charge in [0.05, 0.1) is 10.9 Å². The fraction of sp³-hybridized carbons (Fsp3) is 0.333. The van der Waals surface area contributed by atoms with Crippen molar-refractivity contribution in [2.45, 2.75) is 43.5 Å². The van der Waals surface area contributed by atoms with E-state index in [1.165, 1.54) is 12.1 Å². The number of nitrogens with one attached hydrogen (secondary N) is 1. The molecule has 6 nitrogen and oxygen atoms in total. The molecule has 8 heteroatoms. The van der Waals surface area contributed by atoms with Gasteiger partial charge < -0.3 is 4.57 Å². The van der Waals surface area contributed by atoms with Crippen LogP contribution in [-0.2, 0) is 29.9 Å². The first kappa shape index (κ1) is 21.5. The number of sulfonamides is 1. The SMILES string of the molecule is CCCCc1nnc(C(Cc2ccccc2)NS(=O)(=O)c2ccc(Cl)cc2)n1C. The van der Waals surface area contributed by atoms with E-state index in [1.54, 1.807) is 12.1 Å². The van der Waals surface area contributed by atoms with Crippen molar-refractivity contribution in [3.8, 4) is 0 Å². The summed E-state index contributed by atoms with van der Waals surface area (Å²) in [6.45, 7) is 2.12. The summed E-state index contributed by atoms with van der Waals surface area (Å²) < 4.78 is 30.7. The molecule has 1 atom stereocenters. The van der Waals surface area contributed by atoms with Gasteiger partial charge in [-0.2, -0.15) is 0 Å². The van der Waals surface area contributed by atoms with Crippen LogP contribution in [0, 0.1) is 0 Å². The Morgan fingerprint density at radius 2 is 1.76 bits per heavy atom. The van der Waals surface area contributed by atoms with Crippen LogP contribution in [0.4, 0.5) is 0 Å². The van der Waals surface area contributed by atoms with E-state index in [0.717, 1.165) is 30.7 Å². The highest BCUT2D eigenvalue weighted by atomic mass is 35.5. The molecular formula is C21H25ClN4O2S. The monoisotopic (exact) mass is 432 g/mol. The molecule has 0 aliphatic carbocycles. The Morgan fingerprint density at radius 3 is 2.41 bits per heavy atom. The van der Waals surface area contributed by atoms with Crippen LogP contribution in [0.5, 0.6) is 0 Å². The number of halogens is 1. The number of hydrogen-bond acceptors (Lipinski definition) is 4. The topological polar surface area (TPSA) is 76.9 Å². The zero-order chi connectivity index (χ0) is 20.9. The number of aromatic nitrogens is 3. The molecule has 0 aliphatic rings. The van der Waals surface area contributed by atoms with Gasteiger partial charge in [0.25, 0.3) is 0 Å². The van der Waals surface area contributed by atoms with Crippen LogP contribution in [0.15, 0.2) is 59.5 Å². The minimum absolute atomic E-state index is 0.160. The average Bonchev–Trinajstić information content (AvgIpc) is 3.07. The molecule has 0 amide bonds. The predicted molar refractivity (Wildman–Crippen MR) is 114 cm³/mol. The number of benzene rings is 2. The summed E-state index contributed by atoms with van der Waals surface area (Å²) >= 11 is 5.90. The van der Waals surface area contributed by atoms with E-state index in [1.807, 2.05) is 41.9 Å². The van der Waals surface area contributed by atoms with Crippen molar-refractivity contribution >= 4 is 21.6 Å². The second-order valence-electron chi connectivity index (χ2n) is 6.95. The van der Waals surface area contributed by atoms with E-state index < -0.39 is 16.1 Å². The first-order valence-electron chi connectivity index (χ1n) is 9.60. The van der Waals surface area contributed by atoms with Crippen LogP contribution < -0.4 is 4.72 Å². The summed E-state index contributed by atoms with van der Waals surface area (Å²) in [7, 11) is -1.87. The van der Waals surface area contributed by atoms with Gasteiger partial charge in [-0.25, -0.2) is 13.1 Å². The van der Waals surface area contributed by atoms with Gasteiger partial charge in [0.1, 0.15) is 5.82 Å². The molecule has 3 aromatic rings. The van der Waals surface area contributed by atoms with Crippen LogP contribution in [-0.4, -0.2) is 23.2 Å². The van der Waals surface area contributed by atoms with Gasteiger partial charge >= 0.3 is 0 Å². The first-order chi connectivity index (χ1) is 13.9. The number of unbranched alkanes of at least 4 members (excludes halogenated alkanes) is 1. The molecule has 0 saturated carbocycles. The lowest BCUT2D eigenvalue weighted by Gasteiger charge is -2.19. The molecule has 0 aliphatic heterocycles. The number of aryl methyl sites for hydroxylation is 1. The fourth-order valence-corrected chi connectivity index (χ4v) is 4.46. The minimum atomic E-state index is -3.76. The maximum absolute atomic E-state index is 13.0. The average molecular weight is 433 g/mol. The maximum atomic E-state index is 13.0. The normalized spacial score (nSPS) is 12.8. The van der Waals surface area contributed by atoms with Crippen molar-refractivity contribution in [1.82, 2.24) is 19.5 Å². The highest BCUT2D eigenvalue weighted by molar-refractivity contribution is 7.89. The van der Waals surface area contributed by atoms with Crippen molar-refractivity contribution in [2.24, 2.45) is 7.05 Å². The quantitative estimate of drug-likeness (QED) is 0.552. The Bertz CT molecular complexity index is 1030. The summed E-state index contributed by atoms with van der Waals surface area (Å²) in [5, 5.41) is 9.10. The van der Waals surface area contributed by atoms with Crippen LogP contribution in [0.2, 0.25) is 5.02 Å². The Kier molecular flexibility index (Phi) is 7.05. The zero-order valence-corrected chi connectivity index (χ0v) is 18.1. The number of hydrogen-bond donors (Lipinski definition) is 1. The third kappa shape index (κ3) is 5.44. The van der Waals surface area contributed by atoms with E-state index >= 15 is 0 Å². The lowest BCUT2D eigenvalue weighted by atomic mass is 10.1. The predicted octanol–water partition coefficient (Wildman–Crippen LogP) is 4.07. The first-order valence-corrected chi connectivity index (χ1v) is 11.5. The van der Waals surface area contributed by atoms with Crippen LogP contribution in [0.3, 0.4) is 0 Å². The lowest BCUT2D eigenvalue weighted by molar-refractivity contribution is 0.531. The Labute approximate surface area is 177 Å². The number of rotatable bonds is 9. The second-order valence-corrected chi connectivity index (χ2v) is 9.10. The fourth-order valence-electron chi connectivity index (χ4n) is 3.14. The highest BCUT2D eigenvalue weighted by Gasteiger charge is 2.26. The van der Waals surface area contributed by atoms with E-state index in [9.17, 15) is 8.42 Å². The van der Waals surface area contributed by atoms with Crippen LogP contribution in [0.25, 0.3) is 0 Å². The standard InChI is InChI=1S/C21H25ClN4O2S/c1-3-4-10-20-23-24-21(26(20)2)19(15-16-8-6-5-7-9-16)25-29(27,28)18-13-11-17(22)12-14-18/h5-9,11-14,19,25H,3-4,10,15H2,1-2H3. The summed E-state index contributed by atoms with van der Waals surface area (Å²) in [5.74, 6) is 1.45. The molecule has 0 fully saturated rings. The Morgan fingerprint density at radius 1 is 1.07 bits per heavy atom. The summed E-state index contributed by atoms with van der Waals surface area (Å²) in [6, 6.07) is 15.3. The molecule has 29 heavy (non-hydrogen) atoms. The summed E-state index contributed by atoms with van der Waals surface area (Å²) in [5.41, 5.74) is 1.01. The Balaban J connectivity index is 1.93. The van der Waals surface area contributed by atoms with Gasteiger partial charge in [-0.1, -0.05) is 55.3 Å². The van der Waals surface area contributed by atoms with E-state index in [-0.39, 0.29) is 4.90 Å². The van der Waals surface area contributed by atoms with E-state index in [4.69, 9.17) is 11.6 Å². The molecule has 3 rings (SSSR count). The summed E-state index contributed by atoms with van der Waals surface area (Å²) in [6.07, 6.45) is 3.33. The maximum Gasteiger partial charge on any atom is 0.241 e. The molecule has 154 valence electrons. The van der Waals surface area contributed by atoms with Gasteiger partial charge in [0.2, 0.25) is 10.0 Å².